The first kappa shape index (κ1) is 8.59. The zero-order valence-electron chi connectivity index (χ0n) is 8.26. The summed E-state index contributed by atoms with van der Waals surface area (Å²) in [4.78, 5) is 19.3. The highest BCUT2D eigenvalue weighted by atomic mass is 16.1. The molecule has 1 aliphatic carbocycles. The Morgan fingerprint density at radius 3 is 3.00 bits per heavy atom. The van der Waals surface area contributed by atoms with Gasteiger partial charge in [0.2, 0.25) is 0 Å². The number of imidazole rings is 1. The zero-order valence-corrected chi connectivity index (χ0v) is 8.26. The molecule has 0 atom stereocenters. The van der Waals surface area contributed by atoms with Crippen LogP contribution in [0.15, 0.2) is 18.6 Å². The van der Waals surface area contributed by atoms with Gasteiger partial charge in [0.15, 0.2) is 6.29 Å². The lowest BCUT2D eigenvalue weighted by Gasteiger charge is -2.23. The fourth-order valence-electron chi connectivity index (χ4n) is 2.03. The van der Waals surface area contributed by atoms with E-state index in [1.165, 1.54) is 19.3 Å². The van der Waals surface area contributed by atoms with E-state index in [0.717, 1.165) is 17.6 Å². The molecule has 0 aliphatic heterocycles. The molecule has 0 radical (unpaired) electrons. The van der Waals surface area contributed by atoms with E-state index in [2.05, 4.69) is 9.97 Å². The molecule has 0 aromatic carbocycles. The van der Waals surface area contributed by atoms with Crippen LogP contribution in [0.4, 0.5) is 0 Å². The van der Waals surface area contributed by atoms with E-state index >= 15 is 0 Å². The lowest BCUT2D eigenvalue weighted by atomic mass is 9.85. The minimum absolute atomic E-state index is 0.505. The Labute approximate surface area is 87.0 Å². The molecule has 0 saturated heterocycles. The molecule has 3 rings (SSSR count). The van der Waals surface area contributed by atoms with Crippen molar-refractivity contribution < 1.29 is 4.79 Å². The second kappa shape index (κ2) is 3.15. The Bertz CT molecular complexity index is 514. The van der Waals surface area contributed by atoms with Crippen LogP contribution in [0.3, 0.4) is 0 Å². The van der Waals surface area contributed by atoms with Gasteiger partial charge in [-0.15, -0.1) is 0 Å². The molecule has 0 bridgehead atoms. The van der Waals surface area contributed by atoms with Gasteiger partial charge in [-0.2, -0.15) is 0 Å². The van der Waals surface area contributed by atoms with E-state index in [9.17, 15) is 4.79 Å². The monoisotopic (exact) mass is 201 g/mol. The Morgan fingerprint density at radius 2 is 2.33 bits per heavy atom. The predicted molar refractivity (Wildman–Crippen MR) is 55.0 cm³/mol. The number of carbonyl (C=O) groups is 1. The average molecular weight is 201 g/mol. The van der Waals surface area contributed by atoms with E-state index in [1.54, 1.807) is 12.4 Å². The molecule has 2 aromatic heterocycles. The normalized spacial score (nSPS) is 16.5. The first-order valence-corrected chi connectivity index (χ1v) is 5.17. The number of rotatable bonds is 2. The Balaban J connectivity index is 2.24. The molecule has 0 unspecified atom stereocenters. The van der Waals surface area contributed by atoms with Crippen LogP contribution in [0.25, 0.3) is 5.52 Å². The predicted octanol–water partition coefficient (Wildman–Crippen LogP) is 1.81. The van der Waals surface area contributed by atoms with E-state index in [4.69, 9.17) is 0 Å². The fourth-order valence-corrected chi connectivity index (χ4v) is 2.03. The Hall–Kier alpha value is -1.71. The summed E-state index contributed by atoms with van der Waals surface area (Å²) in [6, 6.07) is 0. The van der Waals surface area contributed by atoms with Gasteiger partial charge in [0.1, 0.15) is 11.5 Å². The van der Waals surface area contributed by atoms with Gasteiger partial charge in [-0.3, -0.25) is 14.2 Å². The number of fused-ring (bicyclic) bond motifs is 1. The van der Waals surface area contributed by atoms with Gasteiger partial charge in [-0.1, -0.05) is 6.42 Å². The molecule has 1 fully saturated rings. The van der Waals surface area contributed by atoms with Crippen LogP contribution >= 0.6 is 0 Å². The average Bonchev–Trinajstić information content (AvgIpc) is 2.55. The smallest absolute Gasteiger partial charge is 0.170 e. The molecule has 0 spiro atoms. The van der Waals surface area contributed by atoms with Crippen molar-refractivity contribution in [1.29, 1.82) is 0 Å². The van der Waals surface area contributed by atoms with Crippen molar-refractivity contribution in [2.75, 3.05) is 0 Å². The van der Waals surface area contributed by atoms with Gasteiger partial charge in [0.25, 0.3) is 0 Å². The van der Waals surface area contributed by atoms with Gasteiger partial charge in [0.05, 0.1) is 11.7 Å². The molecule has 4 nitrogen and oxygen atoms in total. The maximum absolute atomic E-state index is 10.9. The molecule has 0 N–H and O–H groups in total. The van der Waals surface area contributed by atoms with Crippen molar-refractivity contribution in [1.82, 2.24) is 14.4 Å². The standard InChI is InChI=1S/C11H11N3O/c15-7-9-10-6-12-4-5-14(10)11(13-9)8-2-1-3-8/h4-8H,1-3H2. The molecular formula is C11H11N3O. The molecule has 2 heterocycles. The van der Waals surface area contributed by atoms with Crippen LogP contribution in [0, 0.1) is 0 Å². The number of nitrogens with zero attached hydrogens (tertiary/aromatic N) is 3. The highest BCUT2D eigenvalue weighted by Crippen LogP contribution is 2.36. The third kappa shape index (κ3) is 1.17. The van der Waals surface area contributed by atoms with Crippen molar-refractivity contribution in [3.63, 3.8) is 0 Å². The summed E-state index contributed by atoms with van der Waals surface area (Å²) in [5.74, 6) is 1.54. The van der Waals surface area contributed by atoms with Crippen molar-refractivity contribution in [3.8, 4) is 0 Å². The van der Waals surface area contributed by atoms with Crippen molar-refractivity contribution in [3.05, 3.63) is 30.1 Å². The van der Waals surface area contributed by atoms with E-state index in [-0.39, 0.29) is 0 Å². The Kier molecular flexibility index (Phi) is 1.80. The van der Waals surface area contributed by atoms with Crippen LogP contribution in [-0.2, 0) is 0 Å². The summed E-state index contributed by atoms with van der Waals surface area (Å²) in [7, 11) is 0. The lowest BCUT2D eigenvalue weighted by molar-refractivity contribution is 0.112. The third-order valence-electron chi connectivity index (χ3n) is 3.08. The van der Waals surface area contributed by atoms with Crippen molar-refractivity contribution >= 4 is 11.8 Å². The number of carbonyl (C=O) groups excluding carboxylic acids is 1. The van der Waals surface area contributed by atoms with Crippen LogP contribution in [0.5, 0.6) is 0 Å². The van der Waals surface area contributed by atoms with Gasteiger partial charge in [-0.25, -0.2) is 4.98 Å². The van der Waals surface area contributed by atoms with Crippen molar-refractivity contribution in [2.24, 2.45) is 0 Å². The highest BCUT2D eigenvalue weighted by molar-refractivity contribution is 5.83. The first-order valence-electron chi connectivity index (χ1n) is 5.17. The van der Waals surface area contributed by atoms with Crippen LogP contribution in [0.1, 0.15) is 41.5 Å². The highest BCUT2D eigenvalue weighted by Gasteiger charge is 2.25. The molecule has 4 heteroatoms. The topological polar surface area (TPSA) is 47.3 Å². The summed E-state index contributed by atoms with van der Waals surface area (Å²) in [5.41, 5.74) is 1.32. The summed E-state index contributed by atoms with van der Waals surface area (Å²) in [5, 5.41) is 0. The second-order valence-corrected chi connectivity index (χ2v) is 3.93. The van der Waals surface area contributed by atoms with Gasteiger partial charge in [-0.05, 0) is 12.8 Å². The Morgan fingerprint density at radius 1 is 1.47 bits per heavy atom. The van der Waals surface area contributed by atoms with Crippen LogP contribution in [0.2, 0.25) is 0 Å². The fraction of sp³-hybridized carbons (Fsp3) is 0.364. The van der Waals surface area contributed by atoms with Crippen LogP contribution in [-0.4, -0.2) is 20.7 Å². The zero-order chi connectivity index (χ0) is 10.3. The number of hydrogen-bond acceptors (Lipinski definition) is 3. The maximum Gasteiger partial charge on any atom is 0.170 e. The second-order valence-electron chi connectivity index (χ2n) is 3.93. The molecule has 15 heavy (non-hydrogen) atoms. The quantitative estimate of drug-likeness (QED) is 0.696. The summed E-state index contributed by atoms with van der Waals surface area (Å²) in [6.45, 7) is 0. The summed E-state index contributed by atoms with van der Waals surface area (Å²) >= 11 is 0. The van der Waals surface area contributed by atoms with Crippen LogP contribution < -0.4 is 0 Å². The third-order valence-corrected chi connectivity index (χ3v) is 3.08. The maximum atomic E-state index is 10.9. The molecule has 1 saturated carbocycles. The molecule has 1 aliphatic rings. The number of hydrogen-bond donors (Lipinski definition) is 0. The van der Waals surface area contributed by atoms with E-state index in [1.807, 2.05) is 10.6 Å². The molecular weight excluding hydrogens is 190 g/mol. The number of aldehydes is 1. The van der Waals surface area contributed by atoms with Gasteiger partial charge in [0, 0.05) is 18.3 Å². The largest absolute Gasteiger partial charge is 0.300 e. The molecule has 2 aromatic rings. The number of aromatic nitrogens is 3. The summed E-state index contributed by atoms with van der Waals surface area (Å²) in [6.07, 6.45) is 9.73. The molecule has 76 valence electrons. The van der Waals surface area contributed by atoms with Crippen molar-refractivity contribution in [2.45, 2.75) is 25.2 Å². The summed E-state index contributed by atoms with van der Waals surface area (Å²) < 4.78 is 1.99. The van der Waals surface area contributed by atoms with Gasteiger partial charge < -0.3 is 0 Å². The SMILES string of the molecule is O=Cc1nc(C2CCC2)n2ccncc12. The van der Waals surface area contributed by atoms with E-state index < -0.39 is 0 Å². The molecule has 0 amide bonds. The minimum Gasteiger partial charge on any atom is -0.300 e. The van der Waals surface area contributed by atoms with E-state index in [0.29, 0.717) is 11.6 Å². The van der Waals surface area contributed by atoms with Gasteiger partial charge >= 0.3 is 0 Å². The lowest BCUT2D eigenvalue weighted by Crippen LogP contribution is -2.12. The minimum atomic E-state index is 0.505. The first-order chi connectivity index (χ1) is 7.40.